The standard InChI is InChI=1S/C24H32N2O2/c1-18(28-22-12-8-5-9-13-22)24(27)25-21-16-14-20(15-17-21)23(26(2)3)19-10-6-4-7-11-19/h4-13,18,20-21,23H,14-17H2,1-3H3,(H,25,27). The molecule has 2 unspecified atom stereocenters. The van der Waals surface area contributed by atoms with Gasteiger partial charge >= 0.3 is 0 Å². The number of para-hydroxylation sites is 1. The molecule has 2 atom stereocenters. The Hall–Kier alpha value is -2.33. The normalized spacial score (nSPS) is 21.7. The summed E-state index contributed by atoms with van der Waals surface area (Å²) in [5, 5.41) is 3.19. The molecular weight excluding hydrogens is 348 g/mol. The number of carbonyl (C=O) groups excluding carboxylic acids is 1. The van der Waals surface area contributed by atoms with Gasteiger partial charge in [0.05, 0.1) is 0 Å². The van der Waals surface area contributed by atoms with Crippen LogP contribution < -0.4 is 10.1 Å². The highest BCUT2D eigenvalue weighted by Gasteiger charge is 2.31. The van der Waals surface area contributed by atoms with E-state index in [0.29, 0.717) is 12.0 Å². The van der Waals surface area contributed by atoms with Crippen LogP contribution in [0.25, 0.3) is 0 Å². The monoisotopic (exact) mass is 380 g/mol. The molecule has 0 aromatic heterocycles. The minimum Gasteiger partial charge on any atom is -0.481 e. The summed E-state index contributed by atoms with van der Waals surface area (Å²) in [5.41, 5.74) is 1.38. The largest absolute Gasteiger partial charge is 0.481 e. The SMILES string of the molecule is CC(Oc1ccccc1)C(=O)NC1CCC(C(c2ccccc2)N(C)C)CC1. The Labute approximate surface area is 168 Å². The first-order valence-corrected chi connectivity index (χ1v) is 10.3. The molecule has 0 aliphatic heterocycles. The van der Waals surface area contributed by atoms with Gasteiger partial charge in [0.25, 0.3) is 5.91 Å². The molecule has 3 rings (SSSR count). The minimum atomic E-state index is -0.487. The highest BCUT2D eigenvalue weighted by atomic mass is 16.5. The molecule has 1 amide bonds. The molecule has 0 bridgehead atoms. The van der Waals surface area contributed by atoms with E-state index in [2.05, 4.69) is 54.6 Å². The lowest BCUT2D eigenvalue weighted by Crippen LogP contribution is -2.44. The second-order valence-corrected chi connectivity index (χ2v) is 8.01. The molecule has 0 spiro atoms. The highest BCUT2D eigenvalue weighted by molar-refractivity contribution is 5.81. The van der Waals surface area contributed by atoms with E-state index in [1.54, 1.807) is 0 Å². The molecule has 4 heteroatoms. The highest BCUT2D eigenvalue weighted by Crippen LogP contribution is 2.37. The van der Waals surface area contributed by atoms with Crippen LogP contribution in [0, 0.1) is 5.92 Å². The molecule has 1 N–H and O–H groups in total. The van der Waals surface area contributed by atoms with Gasteiger partial charge < -0.3 is 15.0 Å². The Morgan fingerprint density at radius 1 is 0.964 bits per heavy atom. The van der Waals surface area contributed by atoms with Gasteiger partial charge in [0, 0.05) is 12.1 Å². The Kier molecular flexibility index (Phi) is 7.10. The molecule has 2 aromatic carbocycles. The molecule has 150 valence electrons. The lowest BCUT2D eigenvalue weighted by Gasteiger charge is -2.38. The van der Waals surface area contributed by atoms with E-state index in [-0.39, 0.29) is 11.9 Å². The lowest BCUT2D eigenvalue weighted by atomic mass is 9.78. The van der Waals surface area contributed by atoms with Crippen LogP contribution in [-0.2, 0) is 4.79 Å². The number of nitrogens with zero attached hydrogens (tertiary/aromatic N) is 1. The summed E-state index contributed by atoms with van der Waals surface area (Å²) >= 11 is 0. The van der Waals surface area contributed by atoms with E-state index in [9.17, 15) is 4.79 Å². The predicted octanol–water partition coefficient (Wildman–Crippen LogP) is 4.43. The second kappa shape index (κ2) is 9.74. The van der Waals surface area contributed by atoms with E-state index >= 15 is 0 Å². The maximum Gasteiger partial charge on any atom is 0.260 e. The molecule has 0 radical (unpaired) electrons. The summed E-state index contributed by atoms with van der Waals surface area (Å²) in [7, 11) is 4.32. The van der Waals surface area contributed by atoms with E-state index in [1.807, 2.05) is 37.3 Å². The number of carbonyl (C=O) groups is 1. The van der Waals surface area contributed by atoms with Crippen molar-refractivity contribution in [2.75, 3.05) is 14.1 Å². The van der Waals surface area contributed by atoms with E-state index in [0.717, 1.165) is 31.4 Å². The molecule has 28 heavy (non-hydrogen) atoms. The number of hydrogen-bond donors (Lipinski definition) is 1. The van der Waals surface area contributed by atoms with Gasteiger partial charge in [0.1, 0.15) is 5.75 Å². The van der Waals surface area contributed by atoms with E-state index in [1.165, 1.54) is 5.56 Å². The molecular formula is C24H32N2O2. The number of nitrogens with one attached hydrogen (secondary N) is 1. The molecule has 1 fully saturated rings. The van der Waals surface area contributed by atoms with Gasteiger partial charge in [0.2, 0.25) is 0 Å². The van der Waals surface area contributed by atoms with Gasteiger partial charge in [-0.3, -0.25) is 4.79 Å². The number of hydrogen-bond acceptors (Lipinski definition) is 3. The van der Waals surface area contributed by atoms with Crippen molar-refractivity contribution < 1.29 is 9.53 Å². The van der Waals surface area contributed by atoms with Crippen LogP contribution in [0.3, 0.4) is 0 Å². The Morgan fingerprint density at radius 2 is 1.54 bits per heavy atom. The molecule has 1 aliphatic carbocycles. The van der Waals surface area contributed by atoms with Crippen LogP contribution >= 0.6 is 0 Å². The van der Waals surface area contributed by atoms with Gasteiger partial charge in [-0.25, -0.2) is 0 Å². The van der Waals surface area contributed by atoms with Gasteiger partial charge in [0.15, 0.2) is 6.10 Å². The lowest BCUT2D eigenvalue weighted by molar-refractivity contribution is -0.128. The van der Waals surface area contributed by atoms with Crippen molar-refractivity contribution in [1.82, 2.24) is 10.2 Å². The van der Waals surface area contributed by atoms with Crippen molar-refractivity contribution in [3.8, 4) is 5.75 Å². The number of ether oxygens (including phenoxy) is 1. The van der Waals surface area contributed by atoms with Crippen molar-refractivity contribution in [2.24, 2.45) is 5.92 Å². The third-order valence-corrected chi connectivity index (χ3v) is 5.69. The molecule has 4 nitrogen and oxygen atoms in total. The summed E-state index contributed by atoms with van der Waals surface area (Å²) in [6.07, 6.45) is 3.80. The first-order chi connectivity index (χ1) is 13.5. The zero-order valence-corrected chi connectivity index (χ0v) is 17.2. The summed E-state index contributed by atoms with van der Waals surface area (Å²) in [4.78, 5) is 14.8. The summed E-state index contributed by atoms with van der Waals surface area (Å²) in [5.74, 6) is 1.31. The van der Waals surface area contributed by atoms with Crippen molar-refractivity contribution in [3.05, 3.63) is 66.2 Å². The summed E-state index contributed by atoms with van der Waals surface area (Å²) in [6.45, 7) is 1.81. The maximum absolute atomic E-state index is 12.5. The van der Waals surface area contributed by atoms with Crippen LogP contribution in [0.15, 0.2) is 60.7 Å². The van der Waals surface area contributed by atoms with Crippen LogP contribution in [0.4, 0.5) is 0 Å². The Bertz CT molecular complexity index is 725. The van der Waals surface area contributed by atoms with Crippen molar-refractivity contribution in [3.63, 3.8) is 0 Å². The molecule has 1 aliphatic rings. The zero-order chi connectivity index (χ0) is 19.9. The van der Waals surface area contributed by atoms with Crippen molar-refractivity contribution >= 4 is 5.91 Å². The van der Waals surface area contributed by atoms with Crippen LogP contribution in [0.1, 0.15) is 44.2 Å². The number of rotatable bonds is 7. The quantitative estimate of drug-likeness (QED) is 0.772. The third-order valence-electron chi connectivity index (χ3n) is 5.69. The first-order valence-electron chi connectivity index (χ1n) is 10.3. The van der Waals surface area contributed by atoms with E-state index < -0.39 is 6.10 Å². The first kappa shape index (κ1) is 20.4. The fourth-order valence-corrected chi connectivity index (χ4v) is 4.30. The Balaban J connectivity index is 1.51. The van der Waals surface area contributed by atoms with Crippen LogP contribution in [-0.4, -0.2) is 37.0 Å². The molecule has 0 saturated heterocycles. The Morgan fingerprint density at radius 3 is 2.11 bits per heavy atom. The predicted molar refractivity (Wildman–Crippen MR) is 113 cm³/mol. The number of benzene rings is 2. The maximum atomic E-state index is 12.5. The summed E-state index contributed by atoms with van der Waals surface area (Å²) in [6, 6.07) is 20.9. The third kappa shape index (κ3) is 5.35. The molecule has 1 saturated carbocycles. The van der Waals surface area contributed by atoms with Gasteiger partial charge in [-0.05, 0) is 70.3 Å². The second-order valence-electron chi connectivity index (χ2n) is 8.01. The van der Waals surface area contributed by atoms with Gasteiger partial charge in [-0.2, -0.15) is 0 Å². The van der Waals surface area contributed by atoms with Crippen LogP contribution in [0.5, 0.6) is 5.75 Å². The fourth-order valence-electron chi connectivity index (χ4n) is 4.30. The summed E-state index contributed by atoms with van der Waals surface area (Å²) < 4.78 is 5.75. The van der Waals surface area contributed by atoms with Gasteiger partial charge in [-0.1, -0.05) is 48.5 Å². The van der Waals surface area contributed by atoms with Gasteiger partial charge in [-0.15, -0.1) is 0 Å². The smallest absolute Gasteiger partial charge is 0.260 e. The zero-order valence-electron chi connectivity index (χ0n) is 17.2. The fraction of sp³-hybridized carbons (Fsp3) is 0.458. The van der Waals surface area contributed by atoms with Crippen LogP contribution in [0.2, 0.25) is 0 Å². The average molecular weight is 381 g/mol. The topological polar surface area (TPSA) is 41.6 Å². The average Bonchev–Trinajstić information content (AvgIpc) is 2.71. The van der Waals surface area contributed by atoms with E-state index in [4.69, 9.17) is 4.74 Å². The van der Waals surface area contributed by atoms with Crippen molar-refractivity contribution in [1.29, 1.82) is 0 Å². The minimum absolute atomic E-state index is 0.0282. The molecule has 0 heterocycles. The molecule has 2 aromatic rings. The number of amides is 1. The van der Waals surface area contributed by atoms with Crippen molar-refractivity contribution in [2.45, 2.75) is 50.8 Å².